The van der Waals surface area contributed by atoms with E-state index in [2.05, 4.69) is 15.5 Å². The highest BCUT2D eigenvalue weighted by molar-refractivity contribution is 6.02. The summed E-state index contributed by atoms with van der Waals surface area (Å²) < 4.78 is 14.1. The van der Waals surface area contributed by atoms with E-state index < -0.39 is 11.9 Å². The number of carbonyl (C=O) groups excluding carboxylic acids is 3. The number of anilines is 1. The number of aryl methyl sites for hydroxylation is 3. The molecule has 1 unspecified atom stereocenters. The number of carbonyl (C=O) groups is 3. The Morgan fingerprint density at radius 2 is 1.78 bits per heavy atom. The first-order valence-electron chi connectivity index (χ1n) is 12.3. The van der Waals surface area contributed by atoms with Crippen LogP contribution in [0.4, 0.5) is 10.5 Å². The summed E-state index contributed by atoms with van der Waals surface area (Å²) in [6.07, 6.45) is 1.28. The molecule has 4 heterocycles. The van der Waals surface area contributed by atoms with E-state index in [1.165, 1.54) is 0 Å². The number of amides is 3. The molecule has 0 aromatic carbocycles. The number of aromatic nitrogens is 4. The third kappa shape index (κ3) is 5.84. The molecule has 1 atom stereocenters. The summed E-state index contributed by atoms with van der Waals surface area (Å²) in [4.78, 5) is 41.1. The fraction of sp³-hybridized carbons (Fsp3) is 0.480. The summed E-state index contributed by atoms with van der Waals surface area (Å²) in [5, 5.41) is 11.7. The van der Waals surface area contributed by atoms with E-state index in [9.17, 15) is 14.4 Å². The van der Waals surface area contributed by atoms with Gasteiger partial charge in [0.15, 0.2) is 5.76 Å². The first kappa shape index (κ1) is 26.0. The average molecular weight is 512 g/mol. The number of rotatable bonds is 7. The Kier molecular flexibility index (Phi) is 7.65. The third-order valence-electron chi connectivity index (χ3n) is 6.33. The van der Waals surface area contributed by atoms with Gasteiger partial charge in [0.2, 0.25) is 5.91 Å². The summed E-state index contributed by atoms with van der Waals surface area (Å²) >= 11 is 0. The standard InChI is InChI=1S/C25H33N7O5/c1-6-36-25(35)30-11-9-29(10-12-30)24(34)19(5)32-15-21(18(4)28-32)26-23(33)22-8-7-20(37-22)14-31-17(3)13-16(2)27-31/h7-8,13,15,19H,6,9-12,14H2,1-5H3,(H,26,33). The Balaban J connectivity index is 1.35. The van der Waals surface area contributed by atoms with Crippen LogP contribution in [0.25, 0.3) is 0 Å². The Bertz CT molecular complexity index is 1280. The highest BCUT2D eigenvalue weighted by Crippen LogP contribution is 2.20. The molecular weight excluding hydrogens is 478 g/mol. The molecular formula is C25H33N7O5. The van der Waals surface area contributed by atoms with E-state index in [-0.39, 0.29) is 17.8 Å². The number of hydrogen-bond donors (Lipinski definition) is 1. The normalized spacial score (nSPS) is 14.5. The zero-order valence-corrected chi connectivity index (χ0v) is 21.9. The number of furan rings is 1. The van der Waals surface area contributed by atoms with Crippen LogP contribution in [-0.2, 0) is 16.1 Å². The molecule has 1 saturated heterocycles. The van der Waals surface area contributed by atoms with Gasteiger partial charge in [-0.15, -0.1) is 0 Å². The van der Waals surface area contributed by atoms with Gasteiger partial charge in [0.05, 0.1) is 30.2 Å². The Hall–Kier alpha value is -4.09. The number of hydrogen-bond acceptors (Lipinski definition) is 7. The van der Waals surface area contributed by atoms with E-state index in [1.54, 1.807) is 53.6 Å². The first-order chi connectivity index (χ1) is 17.7. The summed E-state index contributed by atoms with van der Waals surface area (Å²) in [5.74, 6) is 0.276. The highest BCUT2D eigenvalue weighted by Gasteiger charge is 2.29. The lowest BCUT2D eigenvalue weighted by molar-refractivity contribution is -0.136. The molecule has 37 heavy (non-hydrogen) atoms. The van der Waals surface area contributed by atoms with Crippen molar-refractivity contribution in [1.29, 1.82) is 0 Å². The van der Waals surface area contributed by atoms with Crippen molar-refractivity contribution in [2.45, 2.75) is 47.2 Å². The van der Waals surface area contributed by atoms with Crippen molar-refractivity contribution in [2.75, 3.05) is 38.1 Å². The minimum Gasteiger partial charge on any atom is -0.454 e. The van der Waals surface area contributed by atoms with Crippen LogP contribution in [0.2, 0.25) is 0 Å². The molecule has 0 spiro atoms. The van der Waals surface area contributed by atoms with Crippen LogP contribution in [0.5, 0.6) is 0 Å². The Morgan fingerprint density at radius 1 is 1.08 bits per heavy atom. The van der Waals surface area contributed by atoms with Crippen LogP contribution >= 0.6 is 0 Å². The third-order valence-corrected chi connectivity index (χ3v) is 6.33. The molecule has 0 bridgehead atoms. The number of ether oxygens (including phenoxy) is 1. The fourth-order valence-electron chi connectivity index (χ4n) is 4.26. The topological polar surface area (TPSA) is 128 Å². The lowest BCUT2D eigenvalue weighted by Gasteiger charge is -2.35. The van der Waals surface area contributed by atoms with Gasteiger partial charge in [0.1, 0.15) is 11.8 Å². The predicted molar refractivity (Wildman–Crippen MR) is 134 cm³/mol. The quantitative estimate of drug-likeness (QED) is 0.517. The fourth-order valence-corrected chi connectivity index (χ4v) is 4.26. The van der Waals surface area contributed by atoms with Gasteiger partial charge in [0, 0.05) is 38.1 Å². The van der Waals surface area contributed by atoms with Crippen molar-refractivity contribution in [3.05, 3.63) is 53.0 Å². The van der Waals surface area contributed by atoms with Gasteiger partial charge in [0.25, 0.3) is 5.91 Å². The van der Waals surface area contributed by atoms with E-state index in [4.69, 9.17) is 9.15 Å². The molecule has 3 amide bonds. The molecule has 1 fully saturated rings. The second-order valence-electron chi connectivity index (χ2n) is 9.10. The molecule has 12 nitrogen and oxygen atoms in total. The maximum absolute atomic E-state index is 13.1. The monoisotopic (exact) mass is 511 g/mol. The van der Waals surface area contributed by atoms with Crippen molar-refractivity contribution < 1.29 is 23.5 Å². The molecule has 198 valence electrons. The van der Waals surface area contributed by atoms with Gasteiger partial charge < -0.3 is 24.3 Å². The summed E-state index contributed by atoms with van der Waals surface area (Å²) in [6.45, 7) is 11.6. The van der Waals surface area contributed by atoms with Gasteiger partial charge in [-0.25, -0.2) is 4.79 Å². The van der Waals surface area contributed by atoms with E-state index >= 15 is 0 Å². The molecule has 0 saturated carbocycles. The number of piperazine rings is 1. The zero-order chi connectivity index (χ0) is 26.7. The van der Waals surface area contributed by atoms with E-state index in [0.717, 1.165) is 11.4 Å². The van der Waals surface area contributed by atoms with Gasteiger partial charge in [-0.1, -0.05) is 0 Å². The molecule has 1 N–H and O–H groups in total. The van der Waals surface area contributed by atoms with Crippen LogP contribution in [-0.4, -0.2) is 80.1 Å². The lowest BCUT2D eigenvalue weighted by atomic mass is 10.2. The summed E-state index contributed by atoms with van der Waals surface area (Å²) in [6, 6.07) is 4.78. The van der Waals surface area contributed by atoms with Crippen molar-refractivity contribution in [1.82, 2.24) is 29.4 Å². The van der Waals surface area contributed by atoms with Gasteiger partial charge >= 0.3 is 6.09 Å². The highest BCUT2D eigenvalue weighted by atomic mass is 16.6. The molecule has 12 heteroatoms. The minimum atomic E-state index is -0.575. The molecule has 4 rings (SSSR count). The maximum atomic E-state index is 13.1. The van der Waals surface area contributed by atoms with Crippen molar-refractivity contribution in [3.63, 3.8) is 0 Å². The molecule has 1 aliphatic heterocycles. The van der Waals surface area contributed by atoms with Gasteiger partial charge in [-0.3, -0.25) is 19.0 Å². The molecule has 0 radical (unpaired) electrons. The summed E-state index contributed by atoms with van der Waals surface area (Å²) in [5.41, 5.74) is 3.00. The SMILES string of the molecule is CCOC(=O)N1CCN(C(=O)C(C)n2cc(NC(=O)c3ccc(Cn4nc(C)cc4C)o3)c(C)n2)CC1. The Labute approximate surface area is 215 Å². The van der Waals surface area contributed by atoms with Crippen LogP contribution in [0.15, 0.2) is 28.8 Å². The van der Waals surface area contributed by atoms with Crippen LogP contribution in [0.1, 0.15) is 53.3 Å². The smallest absolute Gasteiger partial charge is 0.409 e. The Morgan fingerprint density at radius 3 is 2.43 bits per heavy atom. The average Bonchev–Trinajstić information content (AvgIpc) is 3.57. The van der Waals surface area contributed by atoms with Crippen molar-refractivity contribution >= 4 is 23.6 Å². The van der Waals surface area contributed by atoms with E-state index in [1.807, 2.05) is 24.6 Å². The van der Waals surface area contributed by atoms with Crippen LogP contribution < -0.4 is 5.32 Å². The molecule has 0 aliphatic carbocycles. The predicted octanol–water partition coefficient (Wildman–Crippen LogP) is 2.76. The molecule has 1 aliphatic rings. The van der Waals surface area contributed by atoms with E-state index in [0.29, 0.717) is 56.5 Å². The molecule has 3 aromatic heterocycles. The van der Waals surface area contributed by atoms with Crippen LogP contribution in [0.3, 0.4) is 0 Å². The van der Waals surface area contributed by atoms with Crippen molar-refractivity contribution in [3.8, 4) is 0 Å². The van der Waals surface area contributed by atoms with Crippen LogP contribution in [0, 0.1) is 20.8 Å². The van der Waals surface area contributed by atoms with Crippen molar-refractivity contribution in [2.24, 2.45) is 0 Å². The lowest BCUT2D eigenvalue weighted by Crippen LogP contribution is -2.52. The zero-order valence-electron chi connectivity index (χ0n) is 21.9. The van der Waals surface area contributed by atoms with Gasteiger partial charge in [-0.05, 0) is 52.8 Å². The maximum Gasteiger partial charge on any atom is 0.409 e. The first-order valence-corrected chi connectivity index (χ1v) is 12.3. The minimum absolute atomic E-state index is 0.108. The summed E-state index contributed by atoms with van der Waals surface area (Å²) in [7, 11) is 0. The second kappa shape index (κ2) is 10.9. The second-order valence-corrected chi connectivity index (χ2v) is 9.10. The number of nitrogens with zero attached hydrogens (tertiary/aromatic N) is 6. The largest absolute Gasteiger partial charge is 0.454 e. The number of nitrogens with one attached hydrogen (secondary N) is 1. The molecule has 3 aromatic rings. The van der Waals surface area contributed by atoms with Gasteiger partial charge in [-0.2, -0.15) is 10.2 Å².